The van der Waals surface area contributed by atoms with Crippen molar-refractivity contribution in [3.63, 3.8) is 0 Å². The number of methoxy groups -OCH3 is 1. The maximum atomic E-state index is 12.8. The van der Waals surface area contributed by atoms with E-state index in [1.165, 1.54) is 4.90 Å². The SMILES string of the molecule is COc1cccc(OCC(=O)c2ccc3c(c2)N(CC(=O)NCCc2ccccn2)C(=O)CO3)c1. The molecule has 2 amide bonds. The van der Waals surface area contributed by atoms with Crippen LogP contribution in [0.2, 0.25) is 0 Å². The lowest BCUT2D eigenvalue weighted by Gasteiger charge is -2.29. The molecule has 180 valence electrons. The summed E-state index contributed by atoms with van der Waals surface area (Å²) in [5, 5.41) is 2.80. The van der Waals surface area contributed by atoms with E-state index < -0.39 is 0 Å². The topological polar surface area (TPSA) is 107 Å². The first-order chi connectivity index (χ1) is 17.0. The van der Waals surface area contributed by atoms with Gasteiger partial charge in [0.15, 0.2) is 19.0 Å². The van der Waals surface area contributed by atoms with Gasteiger partial charge in [0.2, 0.25) is 5.91 Å². The van der Waals surface area contributed by atoms with Crippen LogP contribution in [0.5, 0.6) is 17.2 Å². The predicted molar refractivity (Wildman–Crippen MR) is 128 cm³/mol. The van der Waals surface area contributed by atoms with Gasteiger partial charge in [-0.05, 0) is 42.5 Å². The molecular formula is C26H25N3O6. The Labute approximate surface area is 202 Å². The van der Waals surface area contributed by atoms with Crippen molar-refractivity contribution in [3.8, 4) is 17.2 Å². The molecular weight excluding hydrogens is 450 g/mol. The number of fused-ring (bicyclic) bond motifs is 1. The molecule has 35 heavy (non-hydrogen) atoms. The molecule has 0 fully saturated rings. The van der Waals surface area contributed by atoms with Crippen molar-refractivity contribution in [2.24, 2.45) is 0 Å². The second kappa shape index (κ2) is 11.1. The number of aromatic nitrogens is 1. The number of hydrogen-bond donors (Lipinski definition) is 1. The highest BCUT2D eigenvalue weighted by atomic mass is 16.5. The number of ketones is 1. The summed E-state index contributed by atoms with van der Waals surface area (Å²) in [7, 11) is 1.55. The van der Waals surface area contributed by atoms with E-state index in [4.69, 9.17) is 14.2 Å². The highest BCUT2D eigenvalue weighted by Gasteiger charge is 2.28. The van der Waals surface area contributed by atoms with E-state index in [1.807, 2.05) is 18.2 Å². The minimum Gasteiger partial charge on any atom is -0.497 e. The number of benzene rings is 2. The van der Waals surface area contributed by atoms with Crippen LogP contribution in [0.1, 0.15) is 16.1 Å². The summed E-state index contributed by atoms with van der Waals surface area (Å²) in [6.07, 6.45) is 2.27. The van der Waals surface area contributed by atoms with Crippen LogP contribution in [0, 0.1) is 0 Å². The molecule has 0 atom stereocenters. The van der Waals surface area contributed by atoms with Gasteiger partial charge in [-0.25, -0.2) is 0 Å². The molecule has 0 bridgehead atoms. The second-order valence-corrected chi connectivity index (χ2v) is 7.76. The Morgan fingerprint density at radius 3 is 2.74 bits per heavy atom. The molecule has 2 aromatic carbocycles. The molecule has 1 N–H and O–H groups in total. The highest BCUT2D eigenvalue weighted by Crippen LogP contribution is 2.33. The summed E-state index contributed by atoms with van der Waals surface area (Å²) in [4.78, 5) is 43.4. The summed E-state index contributed by atoms with van der Waals surface area (Å²) in [5.74, 6) is 0.575. The van der Waals surface area contributed by atoms with Gasteiger partial charge in [-0.2, -0.15) is 0 Å². The fourth-order valence-electron chi connectivity index (χ4n) is 3.55. The minimum absolute atomic E-state index is 0.180. The molecule has 0 spiro atoms. The lowest BCUT2D eigenvalue weighted by Crippen LogP contribution is -2.45. The summed E-state index contributed by atoms with van der Waals surface area (Å²) >= 11 is 0. The van der Waals surface area contributed by atoms with Gasteiger partial charge in [-0.1, -0.05) is 12.1 Å². The van der Waals surface area contributed by atoms with Gasteiger partial charge in [0.05, 0.1) is 12.8 Å². The number of carbonyl (C=O) groups is 3. The predicted octanol–water partition coefficient (Wildman–Crippen LogP) is 2.44. The van der Waals surface area contributed by atoms with Gasteiger partial charge in [0, 0.05) is 36.5 Å². The fraction of sp³-hybridized carbons (Fsp3) is 0.231. The van der Waals surface area contributed by atoms with E-state index in [-0.39, 0.29) is 37.4 Å². The molecule has 1 aliphatic rings. The van der Waals surface area contributed by atoms with Crippen molar-refractivity contribution in [2.75, 3.05) is 38.3 Å². The van der Waals surface area contributed by atoms with Crippen molar-refractivity contribution < 1.29 is 28.6 Å². The lowest BCUT2D eigenvalue weighted by atomic mass is 10.1. The number of rotatable bonds is 10. The Bertz CT molecular complexity index is 1210. The Balaban J connectivity index is 1.39. The van der Waals surface area contributed by atoms with Crippen LogP contribution < -0.4 is 24.4 Å². The quantitative estimate of drug-likeness (QED) is 0.449. The van der Waals surface area contributed by atoms with Crippen LogP contribution in [0.25, 0.3) is 0 Å². The molecule has 1 aromatic heterocycles. The van der Waals surface area contributed by atoms with Crippen LogP contribution in [-0.4, -0.2) is 56.0 Å². The first-order valence-electron chi connectivity index (χ1n) is 11.1. The van der Waals surface area contributed by atoms with Crippen LogP contribution >= 0.6 is 0 Å². The van der Waals surface area contributed by atoms with Gasteiger partial charge in [0.1, 0.15) is 23.8 Å². The van der Waals surface area contributed by atoms with Crippen molar-refractivity contribution >= 4 is 23.3 Å². The van der Waals surface area contributed by atoms with Gasteiger partial charge in [-0.3, -0.25) is 24.3 Å². The molecule has 2 heterocycles. The van der Waals surface area contributed by atoms with Crippen LogP contribution in [0.15, 0.2) is 66.9 Å². The Morgan fingerprint density at radius 1 is 1.09 bits per heavy atom. The van der Waals surface area contributed by atoms with Crippen molar-refractivity contribution in [3.05, 3.63) is 78.1 Å². The number of nitrogens with one attached hydrogen (secondary N) is 1. The van der Waals surface area contributed by atoms with Crippen molar-refractivity contribution in [1.82, 2.24) is 10.3 Å². The van der Waals surface area contributed by atoms with E-state index in [2.05, 4.69) is 10.3 Å². The van der Waals surface area contributed by atoms with Crippen LogP contribution in [-0.2, 0) is 16.0 Å². The number of Topliss-reactive ketones (excluding diaryl/α,β-unsaturated/α-hetero) is 1. The first-order valence-corrected chi connectivity index (χ1v) is 11.1. The monoisotopic (exact) mass is 475 g/mol. The zero-order valence-electron chi connectivity index (χ0n) is 19.2. The van der Waals surface area contributed by atoms with Crippen LogP contribution in [0.4, 0.5) is 5.69 Å². The Morgan fingerprint density at radius 2 is 1.94 bits per heavy atom. The average Bonchev–Trinajstić information content (AvgIpc) is 2.89. The van der Waals surface area contributed by atoms with Gasteiger partial charge in [-0.15, -0.1) is 0 Å². The summed E-state index contributed by atoms with van der Waals surface area (Å²) in [5.41, 5.74) is 1.57. The Kier molecular flexibility index (Phi) is 7.57. The maximum Gasteiger partial charge on any atom is 0.265 e. The maximum absolute atomic E-state index is 12.8. The highest BCUT2D eigenvalue weighted by molar-refractivity contribution is 6.04. The molecule has 9 heteroatoms. The van der Waals surface area contributed by atoms with E-state index in [9.17, 15) is 14.4 Å². The molecule has 0 saturated carbocycles. The largest absolute Gasteiger partial charge is 0.497 e. The minimum atomic E-state index is -0.366. The van der Waals surface area contributed by atoms with E-state index in [1.54, 1.807) is 55.8 Å². The lowest BCUT2D eigenvalue weighted by molar-refractivity contribution is -0.125. The second-order valence-electron chi connectivity index (χ2n) is 7.76. The molecule has 0 unspecified atom stereocenters. The zero-order valence-corrected chi connectivity index (χ0v) is 19.2. The first kappa shape index (κ1) is 23.7. The normalized spacial score (nSPS) is 12.4. The smallest absolute Gasteiger partial charge is 0.265 e. The van der Waals surface area contributed by atoms with Gasteiger partial charge >= 0.3 is 0 Å². The fourth-order valence-corrected chi connectivity index (χ4v) is 3.55. The zero-order chi connectivity index (χ0) is 24.6. The number of anilines is 1. The number of amides is 2. The number of hydrogen-bond acceptors (Lipinski definition) is 7. The molecule has 0 saturated heterocycles. The van der Waals surface area contributed by atoms with Gasteiger partial charge in [0.25, 0.3) is 5.91 Å². The number of pyridine rings is 1. The van der Waals surface area contributed by atoms with Gasteiger partial charge < -0.3 is 19.5 Å². The third kappa shape index (κ3) is 6.14. The average molecular weight is 476 g/mol. The van der Waals surface area contributed by atoms with Crippen molar-refractivity contribution in [2.45, 2.75) is 6.42 Å². The molecule has 0 radical (unpaired) electrons. The third-order valence-electron chi connectivity index (χ3n) is 5.37. The molecule has 3 aromatic rings. The third-order valence-corrected chi connectivity index (χ3v) is 5.37. The number of ether oxygens (including phenoxy) is 3. The molecule has 1 aliphatic heterocycles. The number of nitrogens with zero attached hydrogens (tertiary/aromatic N) is 2. The molecule has 0 aliphatic carbocycles. The van der Waals surface area contributed by atoms with E-state index >= 15 is 0 Å². The standard InChI is InChI=1S/C26H25N3O6/c1-33-20-6-4-7-21(14-20)34-16-23(30)18-8-9-24-22(13-18)29(26(32)17-35-24)15-25(31)28-12-10-19-5-2-3-11-27-19/h2-9,11,13-14H,10,12,15-17H2,1H3,(H,28,31). The molecule has 9 nitrogen and oxygen atoms in total. The van der Waals surface area contributed by atoms with E-state index in [0.717, 1.165) is 5.69 Å². The molecule has 4 rings (SSSR count). The van der Waals surface area contributed by atoms with Crippen molar-refractivity contribution in [1.29, 1.82) is 0 Å². The Hall–Kier alpha value is -4.40. The number of carbonyl (C=O) groups excluding carboxylic acids is 3. The summed E-state index contributed by atoms with van der Waals surface area (Å²) in [6, 6.07) is 17.3. The summed E-state index contributed by atoms with van der Waals surface area (Å²) in [6.45, 7) is -0.175. The summed E-state index contributed by atoms with van der Waals surface area (Å²) < 4.78 is 16.2. The van der Waals surface area contributed by atoms with E-state index in [0.29, 0.717) is 41.5 Å². The van der Waals surface area contributed by atoms with Crippen LogP contribution in [0.3, 0.4) is 0 Å².